The fourth-order valence-electron chi connectivity index (χ4n) is 2.22. The normalized spacial score (nSPS) is 19.4. The maximum absolute atomic E-state index is 12.2. The number of benzene rings is 1. The van der Waals surface area contributed by atoms with Crippen molar-refractivity contribution in [2.24, 2.45) is 0 Å². The molecule has 1 heterocycles. The van der Waals surface area contributed by atoms with Crippen LogP contribution < -0.4 is 0 Å². The molecule has 1 atom stereocenters. The first-order valence-corrected chi connectivity index (χ1v) is 6.17. The SMILES string of the molecule is CCOC(=O)[C@@H](c1ccccc1)C1(C)OCCO1. The van der Waals surface area contributed by atoms with Crippen LogP contribution >= 0.6 is 0 Å². The van der Waals surface area contributed by atoms with Crippen molar-refractivity contribution in [3.63, 3.8) is 0 Å². The van der Waals surface area contributed by atoms with Gasteiger partial charge >= 0.3 is 5.97 Å². The van der Waals surface area contributed by atoms with Gasteiger partial charge in [-0.3, -0.25) is 4.79 Å². The highest BCUT2D eigenvalue weighted by Gasteiger charge is 2.46. The van der Waals surface area contributed by atoms with E-state index in [9.17, 15) is 4.79 Å². The lowest BCUT2D eigenvalue weighted by Gasteiger charge is -2.30. The molecule has 1 fully saturated rings. The second kappa shape index (κ2) is 5.50. The third-order valence-electron chi connectivity index (χ3n) is 3.04. The molecule has 1 aliphatic heterocycles. The topological polar surface area (TPSA) is 44.8 Å². The predicted molar refractivity (Wildman–Crippen MR) is 66.1 cm³/mol. The fraction of sp³-hybridized carbons (Fsp3) is 0.500. The smallest absolute Gasteiger partial charge is 0.318 e. The fourth-order valence-corrected chi connectivity index (χ4v) is 2.22. The summed E-state index contributed by atoms with van der Waals surface area (Å²) in [5.41, 5.74) is 0.848. The molecule has 18 heavy (non-hydrogen) atoms. The van der Waals surface area contributed by atoms with Gasteiger partial charge in [-0.1, -0.05) is 30.3 Å². The van der Waals surface area contributed by atoms with Gasteiger partial charge in [0.1, 0.15) is 5.92 Å². The first-order chi connectivity index (χ1) is 8.67. The van der Waals surface area contributed by atoms with Crippen molar-refractivity contribution in [2.45, 2.75) is 25.6 Å². The van der Waals surface area contributed by atoms with E-state index >= 15 is 0 Å². The quantitative estimate of drug-likeness (QED) is 0.768. The van der Waals surface area contributed by atoms with E-state index in [0.717, 1.165) is 5.56 Å². The highest BCUT2D eigenvalue weighted by atomic mass is 16.7. The predicted octanol–water partition coefficient (Wildman–Crippen LogP) is 2.10. The van der Waals surface area contributed by atoms with Gasteiger partial charge in [-0.25, -0.2) is 0 Å². The molecule has 1 aliphatic rings. The standard InChI is InChI=1S/C14H18O4/c1-3-16-13(15)12(11-7-5-4-6-8-11)14(2)17-9-10-18-14/h4-8,12H,3,9-10H2,1-2H3/t12-/m1/s1. The van der Waals surface area contributed by atoms with E-state index in [1.54, 1.807) is 13.8 Å². The van der Waals surface area contributed by atoms with Crippen molar-refractivity contribution in [3.05, 3.63) is 35.9 Å². The molecule has 98 valence electrons. The van der Waals surface area contributed by atoms with Crippen LogP contribution in [-0.2, 0) is 19.0 Å². The van der Waals surface area contributed by atoms with Crippen LogP contribution in [0.15, 0.2) is 30.3 Å². The minimum Gasteiger partial charge on any atom is -0.465 e. The Balaban J connectivity index is 2.31. The average Bonchev–Trinajstić information content (AvgIpc) is 2.78. The highest BCUT2D eigenvalue weighted by Crippen LogP contribution is 2.36. The Morgan fingerprint density at radius 3 is 2.50 bits per heavy atom. The van der Waals surface area contributed by atoms with Gasteiger partial charge in [-0.2, -0.15) is 0 Å². The number of carbonyl (C=O) groups excluding carboxylic acids is 1. The number of rotatable bonds is 4. The van der Waals surface area contributed by atoms with Gasteiger partial charge < -0.3 is 14.2 Å². The van der Waals surface area contributed by atoms with Crippen LogP contribution in [0.3, 0.4) is 0 Å². The monoisotopic (exact) mass is 250 g/mol. The summed E-state index contributed by atoms with van der Waals surface area (Å²) in [6, 6.07) is 9.46. The number of hydrogen-bond donors (Lipinski definition) is 0. The van der Waals surface area contributed by atoms with E-state index in [0.29, 0.717) is 19.8 Å². The molecular formula is C14H18O4. The summed E-state index contributed by atoms with van der Waals surface area (Å²) in [6.07, 6.45) is 0. The van der Waals surface area contributed by atoms with Crippen molar-refractivity contribution < 1.29 is 19.0 Å². The van der Waals surface area contributed by atoms with E-state index < -0.39 is 11.7 Å². The maximum Gasteiger partial charge on any atom is 0.318 e. The van der Waals surface area contributed by atoms with Crippen molar-refractivity contribution >= 4 is 5.97 Å². The zero-order valence-electron chi connectivity index (χ0n) is 10.7. The van der Waals surface area contributed by atoms with Crippen LogP contribution in [0.1, 0.15) is 25.3 Å². The number of ether oxygens (including phenoxy) is 3. The number of hydrogen-bond acceptors (Lipinski definition) is 4. The summed E-state index contributed by atoms with van der Waals surface area (Å²) >= 11 is 0. The molecule has 0 aromatic heterocycles. The first kappa shape index (κ1) is 13.1. The molecule has 2 rings (SSSR count). The largest absolute Gasteiger partial charge is 0.465 e. The number of esters is 1. The number of carbonyl (C=O) groups is 1. The van der Waals surface area contributed by atoms with Crippen LogP contribution in [0.4, 0.5) is 0 Å². The molecule has 0 radical (unpaired) electrons. The Labute approximate surface area is 107 Å². The summed E-state index contributed by atoms with van der Waals surface area (Å²) in [5.74, 6) is -1.80. The van der Waals surface area contributed by atoms with Crippen molar-refractivity contribution in [2.75, 3.05) is 19.8 Å². The summed E-state index contributed by atoms with van der Waals surface area (Å²) in [7, 11) is 0. The van der Waals surface area contributed by atoms with E-state index in [1.165, 1.54) is 0 Å². The second-order valence-electron chi connectivity index (χ2n) is 4.31. The molecule has 4 heteroatoms. The molecule has 0 aliphatic carbocycles. The lowest BCUT2D eigenvalue weighted by Crippen LogP contribution is -2.39. The lowest BCUT2D eigenvalue weighted by atomic mass is 9.91. The average molecular weight is 250 g/mol. The molecular weight excluding hydrogens is 232 g/mol. The van der Waals surface area contributed by atoms with Gasteiger partial charge in [0.05, 0.1) is 19.8 Å². The molecule has 0 N–H and O–H groups in total. The van der Waals surface area contributed by atoms with Crippen LogP contribution in [0.25, 0.3) is 0 Å². The molecule has 1 saturated heterocycles. The molecule has 1 aromatic rings. The Morgan fingerprint density at radius 2 is 1.94 bits per heavy atom. The third-order valence-corrected chi connectivity index (χ3v) is 3.04. The van der Waals surface area contributed by atoms with Gasteiger partial charge in [0.25, 0.3) is 0 Å². The Morgan fingerprint density at radius 1 is 1.33 bits per heavy atom. The summed E-state index contributed by atoms with van der Waals surface area (Å²) < 4.78 is 16.3. The van der Waals surface area contributed by atoms with E-state index in [2.05, 4.69) is 0 Å². The van der Waals surface area contributed by atoms with E-state index in [-0.39, 0.29) is 5.97 Å². The van der Waals surface area contributed by atoms with Crippen LogP contribution in [0.5, 0.6) is 0 Å². The summed E-state index contributed by atoms with van der Waals surface area (Å²) in [5, 5.41) is 0. The molecule has 1 aromatic carbocycles. The molecule has 0 unspecified atom stereocenters. The molecule has 4 nitrogen and oxygen atoms in total. The highest BCUT2D eigenvalue weighted by molar-refractivity contribution is 5.79. The van der Waals surface area contributed by atoms with Crippen molar-refractivity contribution in [1.82, 2.24) is 0 Å². The first-order valence-electron chi connectivity index (χ1n) is 6.17. The van der Waals surface area contributed by atoms with Gasteiger partial charge in [0, 0.05) is 0 Å². The Kier molecular flexibility index (Phi) is 3.99. The molecule has 0 amide bonds. The summed E-state index contributed by atoms with van der Waals surface area (Å²) in [6.45, 7) is 4.92. The minimum atomic E-state index is -0.937. The molecule has 0 saturated carbocycles. The van der Waals surface area contributed by atoms with Crippen LogP contribution in [0, 0.1) is 0 Å². The Hall–Kier alpha value is -1.39. The van der Waals surface area contributed by atoms with Gasteiger partial charge in [0.2, 0.25) is 0 Å². The van der Waals surface area contributed by atoms with Crippen LogP contribution in [-0.4, -0.2) is 31.6 Å². The second-order valence-corrected chi connectivity index (χ2v) is 4.31. The minimum absolute atomic E-state index is 0.312. The van der Waals surface area contributed by atoms with Crippen molar-refractivity contribution in [1.29, 1.82) is 0 Å². The molecule has 0 spiro atoms. The van der Waals surface area contributed by atoms with E-state index in [1.807, 2.05) is 30.3 Å². The molecule has 0 bridgehead atoms. The lowest BCUT2D eigenvalue weighted by molar-refractivity contribution is -0.184. The van der Waals surface area contributed by atoms with Crippen molar-refractivity contribution in [3.8, 4) is 0 Å². The van der Waals surface area contributed by atoms with Crippen LogP contribution in [0.2, 0.25) is 0 Å². The maximum atomic E-state index is 12.2. The Bertz CT molecular complexity index is 396. The van der Waals surface area contributed by atoms with E-state index in [4.69, 9.17) is 14.2 Å². The van der Waals surface area contributed by atoms with Gasteiger partial charge in [-0.05, 0) is 19.4 Å². The zero-order chi connectivity index (χ0) is 13.0. The zero-order valence-corrected chi connectivity index (χ0v) is 10.7. The summed E-state index contributed by atoms with van der Waals surface area (Å²) in [4.78, 5) is 12.2. The van der Waals surface area contributed by atoms with Gasteiger partial charge in [-0.15, -0.1) is 0 Å². The van der Waals surface area contributed by atoms with Gasteiger partial charge in [0.15, 0.2) is 5.79 Å². The third kappa shape index (κ3) is 2.54.